The van der Waals surface area contributed by atoms with Crippen molar-refractivity contribution in [3.8, 4) is 22.1 Å². The lowest BCUT2D eigenvalue weighted by Crippen LogP contribution is -2.48. The number of anilines is 1. The van der Waals surface area contributed by atoms with Crippen molar-refractivity contribution in [2.24, 2.45) is 36.1 Å². The molecule has 4 amide bonds. The van der Waals surface area contributed by atoms with Gasteiger partial charge in [0.1, 0.15) is 23.0 Å². The first-order valence-corrected chi connectivity index (χ1v) is 19.2. The number of hydrogen-bond acceptors (Lipinski definition) is 8. The number of phenols is 1. The Morgan fingerprint density at radius 3 is 2.50 bits per heavy atom. The number of carbonyl (C=O) groups is 4. The highest BCUT2D eigenvalue weighted by Gasteiger charge is 2.68. The molecule has 0 spiro atoms. The van der Waals surface area contributed by atoms with Gasteiger partial charge < -0.3 is 9.84 Å². The molecule has 6 atom stereocenters. The van der Waals surface area contributed by atoms with Crippen LogP contribution in [0.4, 0.5) is 5.82 Å². The number of allylic oxidation sites excluding steroid dienone is 2. The third-order valence-electron chi connectivity index (χ3n) is 12.3. The first kappa shape index (κ1) is 34.5. The van der Waals surface area contributed by atoms with E-state index in [1.165, 1.54) is 23.0 Å². The van der Waals surface area contributed by atoms with E-state index in [1.54, 1.807) is 48.2 Å². The van der Waals surface area contributed by atoms with Gasteiger partial charge in [-0.3, -0.25) is 28.8 Å². The molecule has 2 aromatic heterocycles. The number of aromatic hydroxyl groups is 1. The lowest BCUT2D eigenvalue weighted by molar-refractivity contribution is -0.141. The van der Waals surface area contributed by atoms with Gasteiger partial charge in [-0.1, -0.05) is 59.6 Å². The van der Waals surface area contributed by atoms with Crippen LogP contribution in [0.3, 0.4) is 0 Å². The molecule has 1 N–H and O–H groups in total. The lowest BCUT2D eigenvalue weighted by Gasteiger charge is -2.49. The molecule has 10 nitrogen and oxygen atoms in total. The smallest absolute Gasteiger partial charge is 0.242 e. The molecule has 2 aliphatic heterocycles. The number of halogens is 1. The van der Waals surface area contributed by atoms with Crippen molar-refractivity contribution in [3.05, 3.63) is 106 Å². The zero-order valence-electron chi connectivity index (χ0n) is 30.1. The van der Waals surface area contributed by atoms with Gasteiger partial charge in [0.2, 0.25) is 23.6 Å². The first-order chi connectivity index (χ1) is 25.9. The normalized spacial score (nSPS) is 26.3. The monoisotopic (exact) mass is 760 g/mol. The van der Waals surface area contributed by atoms with E-state index in [4.69, 9.17) is 21.4 Å². The summed E-state index contributed by atoms with van der Waals surface area (Å²) in [7, 11) is 3.22. The number of carbonyl (C=O) groups excluding carboxylic acids is 4. The summed E-state index contributed by atoms with van der Waals surface area (Å²) in [6.07, 6.45) is 2.51. The summed E-state index contributed by atoms with van der Waals surface area (Å²) in [4.78, 5) is 61.7. The van der Waals surface area contributed by atoms with Crippen LogP contribution in [0.15, 0.2) is 84.4 Å². The zero-order chi connectivity index (χ0) is 37.8. The average molecular weight is 761 g/mol. The van der Waals surface area contributed by atoms with Crippen molar-refractivity contribution in [3.63, 3.8) is 0 Å². The summed E-state index contributed by atoms with van der Waals surface area (Å²) in [6, 6.07) is 21.9. The molecule has 0 unspecified atom stereocenters. The quantitative estimate of drug-likeness (QED) is 0.141. The molecule has 2 aliphatic carbocycles. The summed E-state index contributed by atoms with van der Waals surface area (Å²) >= 11 is 7.88. The Labute approximate surface area is 320 Å². The van der Waals surface area contributed by atoms with Gasteiger partial charge in [0, 0.05) is 40.4 Å². The Balaban J connectivity index is 1.14. The maximum Gasteiger partial charge on any atom is 0.242 e. The maximum absolute atomic E-state index is 15.1. The summed E-state index contributed by atoms with van der Waals surface area (Å²) in [6.45, 7) is 3.97. The van der Waals surface area contributed by atoms with Gasteiger partial charge in [0.05, 0.1) is 41.7 Å². The van der Waals surface area contributed by atoms with E-state index in [2.05, 4.69) is 0 Å². The molecule has 5 aromatic rings. The molecule has 274 valence electrons. The number of thiophene rings is 1. The molecule has 4 heterocycles. The first-order valence-electron chi connectivity index (χ1n) is 18.0. The number of fused-ring (bicyclic) bond motifs is 5. The van der Waals surface area contributed by atoms with Crippen LogP contribution in [0, 0.1) is 36.0 Å². The molecular weight excluding hydrogens is 724 g/mol. The number of aryl methyl sites for hydroxylation is 2. The maximum atomic E-state index is 15.1. The van der Waals surface area contributed by atoms with Crippen molar-refractivity contribution >= 4 is 62.5 Å². The van der Waals surface area contributed by atoms with Crippen LogP contribution in [0.5, 0.6) is 11.5 Å². The molecule has 3 aromatic carbocycles. The van der Waals surface area contributed by atoms with Gasteiger partial charge in [-0.25, -0.2) is 4.90 Å². The Morgan fingerprint density at radius 2 is 1.76 bits per heavy atom. The topological polar surface area (TPSA) is 122 Å². The molecule has 54 heavy (non-hydrogen) atoms. The van der Waals surface area contributed by atoms with Crippen molar-refractivity contribution in [2.75, 3.05) is 12.0 Å². The summed E-state index contributed by atoms with van der Waals surface area (Å²) in [5.41, 5.74) is 2.40. The molecule has 9 rings (SSSR count). The minimum absolute atomic E-state index is 0.0793. The van der Waals surface area contributed by atoms with Crippen LogP contribution in [0.1, 0.15) is 42.4 Å². The number of phenolic OH excluding ortho intramolecular Hbond substituents is 1. The Hall–Kier alpha value is -5.26. The summed E-state index contributed by atoms with van der Waals surface area (Å²) in [5, 5.41) is 18.0. The highest BCUT2D eigenvalue weighted by atomic mass is 35.5. The molecule has 3 fully saturated rings. The van der Waals surface area contributed by atoms with Crippen LogP contribution >= 0.6 is 22.9 Å². The Kier molecular flexibility index (Phi) is 7.92. The number of aromatic nitrogens is 2. The van der Waals surface area contributed by atoms with E-state index in [9.17, 15) is 19.5 Å². The van der Waals surface area contributed by atoms with E-state index in [0.717, 1.165) is 31.7 Å². The largest absolute Gasteiger partial charge is 0.508 e. The number of benzene rings is 3. The van der Waals surface area contributed by atoms with Crippen molar-refractivity contribution < 1.29 is 29.0 Å². The summed E-state index contributed by atoms with van der Waals surface area (Å²) in [5.74, 6) is -3.99. The second kappa shape index (κ2) is 12.4. The number of likely N-dealkylation sites (tertiary alicyclic amines) is 1. The lowest BCUT2D eigenvalue weighted by atomic mass is 9.51. The number of ether oxygens (including phenoxy) is 1. The molecular formula is C42H37ClN4O6S. The van der Waals surface area contributed by atoms with Crippen LogP contribution in [0.2, 0.25) is 5.02 Å². The van der Waals surface area contributed by atoms with E-state index >= 15 is 4.79 Å². The number of methoxy groups -OCH3 is 1. The number of rotatable bonds is 6. The van der Waals surface area contributed by atoms with Gasteiger partial charge in [-0.2, -0.15) is 5.10 Å². The van der Waals surface area contributed by atoms with E-state index in [0.29, 0.717) is 34.3 Å². The SMILES string of the molecule is COc1ccc([C@H]2C3=CC[C@@H]4C(=O)N(Cc5ccccc5)C(=O)[C@@H]4[C@@H]3C[C@H]3C(=O)N(c4cc(-c5sc6ccc(Cl)cc6c5C)nn4C)C(=O)[C@@]23C)c(O)c1. The molecule has 4 aliphatic rings. The van der Waals surface area contributed by atoms with Gasteiger partial charge >= 0.3 is 0 Å². The Bertz CT molecular complexity index is 2470. The second-order valence-electron chi connectivity index (χ2n) is 15.0. The van der Waals surface area contributed by atoms with Gasteiger partial charge in [-0.15, -0.1) is 11.3 Å². The minimum Gasteiger partial charge on any atom is -0.508 e. The third-order valence-corrected chi connectivity index (χ3v) is 13.8. The number of imide groups is 2. The predicted molar refractivity (Wildman–Crippen MR) is 205 cm³/mol. The molecule has 0 bridgehead atoms. The van der Waals surface area contributed by atoms with Gasteiger partial charge in [0.15, 0.2) is 0 Å². The highest BCUT2D eigenvalue weighted by molar-refractivity contribution is 7.22. The number of hydrogen-bond donors (Lipinski definition) is 1. The van der Waals surface area contributed by atoms with Crippen LogP contribution in [0.25, 0.3) is 20.7 Å². The minimum atomic E-state index is -1.33. The fourth-order valence-corrected chi connectivity index (χ4v) is 11.0. The zero-order valence-corrected chi connectivity index (χ0v) is 31.6. The molecule has 1 saturated carbocycles. The molecule has 12 heteroatoms. The Morgan fingerprint density at radius 1 is 0.981 bits per heavy atom. The van der Waals surface area contributed by atoms with E-state index in [-0.39, 0.29) is 30.5 Å². The average Bonchev–Trinajstić information content (AvgIpc) is 3.83. The number of nitrogens with zero attached hydrogens (tertiary/aromatic N) is 4. The van der Waals surface area contributed by atoms with Crippen LogP contribution < -0.4 is 9.64 Å². The van der Waals surface area contributed by atoms with Crippen molar-refractivity contribution in [2.45, 2.75) is 39.2 Å². The fraction of sp³-hybridized carbons (Fsp3) is 0.310. The standard InChI is InChI=1S/C42H37ClN4O6S/c1-21-28-16-23(43)10-15-33(28)54-37(21)31-19-34(45(3)44-31)47-39(50)30-18-29-25(36(42(30,2)41(47)52)26-12-11-24(53-4)17-32(26)48)13-14-27-35(29)40(51)46(38(27)49)20-22-8-6-5-7-9-22/h5-13,15-17,19,27,29-30,35-36,48H,14,18,20H2,1-4H3/t27-,29+,30-,35-,36+,42+/m0/s1. The molecule has 0 radical (unpaired) electrons. The van der Waals surface area contributed by atoms with Crippen LogP contribution in [-0.4, -0.2) is 50.5 Å². The fourth-order valence-electron chi connectivity index (χ4n) is 9.67. The van der Waals surface area contributed by atoms with Crippen molar-refractivity contribution in [1.29, 1.82) is 0 Å². The van der Waals surface area contributed by atoms with Crippen molar-refractivity contribution in [1.82, 2.24) is 14.7 Å². The predicted octanol–water partition coefficient (Wildman–Crippen LogP) is 7.41. The third kappa shape index (κ3) is 4.87. The van der Waals surface area contributed by atoms with E-state index < -0.39 is 46.8 Å². The molecule has 2 saturated heterocycles. The highest BCUT2D eigenvalue weighted by Crippen LogP contribution is 2.64. The van der Waals surface area contributed by atoms with E-state index in [1.807, 2.05) is 61.5 Å². The number of amides is 4. The van der Waals surface area contributed by atoms with Gasteiger partial charge in [0.25, 0.3) is 0 Å². The summed E-state index contributed by atoms with van der Waals surface area (Å²) < 4.78 is 8.00. The van der Waals surface area contributed by atoms with Gasteiger partial charge in [-0.05, 0) is 73.4 Å². The second-order valence-corrected chi connectivity index (χ2v) is 16.5. The van der Waals surface area contributed by atoms with Crippen LogP contribution in [-0.2, 0) is 32.8 Å².